The second kappa shape index (κ2) is 5.56. The standard InChI is InChI=1S/C17H18N2O2/c1-11-16(21-2)15(9-10-18-11)19-17(20)14-8-7-12-5-3-4-6-13(12)14/h3-6,9-10,14H,7-8H2,1-2H3,(H,18,19,20). The summed E-state index contributed by atoms with van der Waals surface area (Å²) in [4.78, 5) is 16.7. The molecule has 1 aliphatic rings. The van der Waals surface area contributed by atoms with Crippen LogP contribution in [0.1, 0.15) is 29.2 Å². The molecule has 108 valence electrons. The fourth-order valence-electron chi connectivity index (χ4n) is 2.96. The average molecular weight is 282 g/mol. The minimum Gasteiger partial charge on any atom is -0.493 e. The number of amides is 1. The zero-order valence-electron chi connectivity index (χ0n) is 12.2. The number of ether oxygens (including phenoxy) is 1. The highest BCUT2D eigenvalue weighted by atomic mass is 16.5. The van der Waals surface area contributed by atoms with E-state index in [0.29, 0.717) is 11.4 Å². The van der Waals surface area contributed by atoms with Crippen molar-refractivity contribution in [2.24, 2.45) is 0 Å². The van der Waals surface area contributed by atoms with Crippen molar-refractivity contribution in [1.82, 2.24) is 4.98 Å². The van der Waals surface area contributed by atoms with E-state index < -0.39 is 0 Å². The molecular formula is C17H18N2O2. The van der Waals surface area contributed by atoms with Crippen LogP contribution in [-0.2, 0) is 11.2 Å². The Labute approximate surface area is 124 Å². The molecule has 1 N–H and O–H groups in total. The Hall–Kier alpha value is -2.36. The van der Waals surface area contributed by atoms with E-state index in [9.17, 15) is 4.79 Å². The topological polar surface area (TPSA) is 51.2 Å². The number of rotatable bonds is 3. The number of aryl methyl sites for hydroxylation is 2. The van der Waals surface area contributed by atoms with Crippen LogP contribution in [0.5, 0.6) is 5.75 Å². The third kappa shape index (κ3) is 2.49. The number of hydrogen-bond acceptors (Lipinski definition) is 3. The van der Waals surface area contributed by atoms with Crippen molar-refractivity contribution in [2.75, 3.05) is 12.4 Å². The second-order valence-corrected chi connectivity index (χ2v) is 5.26. The highest BCUT2D eigenvalue weighted by Crippen LogP contribution is 2.35. The fraction of sp³-hybridized carbons (Fsp3) is 0.294. The summed E-state index contributed by atoms with van der Waals surface area (Å²) in [5.41, 5.74) is 3.86. The van der Waals surface area contributed by atoms with Crippen LogP contribution < -0.4 is 10.1 Å². The van der Waals surface area contributed by atoms with E-state index in [-0.39, 0.29) is 11.8 Å². The Bertz CT molecular complexity index is 682. The smallest absolute Gasteiger partial charge is 0.232 e. The largest absolute Gasteiger partial charge is 0.493 e. The van der Waals surface area contributed by atoms with Crippen LogP contribution in [0.3, 0.4) is 0 Å². The predicted octanol–water partition coefficient (Wildman–Crippen LogP) is 3.07. The van der Waals surface area contributed by atoms with Gasteiger partial charge < -0.3 is 10.1 Å². The zero-order valence-corrected chi connectivity index (χ0v) is 12.2. The monoisotopic (exact) mass is 282 g/mol. The fourth-order valence-corrected chi connectivity index (χ4v) is 2.96. The van der Waals surface area contributed by atoms with E-state index >= 15 is 0 Å². The van der Waals surface area contributed by atoms with Gasteiger partial charge in [0.2, 0.25) is 5.91 Å². The lowest BCUT2D eigenvalue weighted by molar-refractivity contribution is -0.117. The molecular weight excluding hydrogens is 264 g/mol. The first-order valence-electron chi connectivity index (χ1n) is 7.09. The number of fused-ring (bicyclic) bond motifs is 1. The van der Waals surface area contributed by atoms with Crippen molar-refractivity contribution in [1.29, 1.82) is 0 Å². The number of nitrogens with zero attached hydrogens (tertiary/aromatic N) is 1. The number of benzene rings is 1. The number of aromatic nitrogens is 1. The van der Waals surface area contributed by atoms with Crippen molar-refractivity contribution in [3.8, 4) is 5.75 Å². The number of pyridine rings is 1. The van der Waals surface area contributed by atoms with Crippen LogP contribution in [0.2, 0.25) is 0 Å². The molecule has 1 aromatic carbocycles. The van der Waals surface area contributed by atoms with E-state index in [2.05, 4.69) is 16.4 Å². The van der Waals surface area contributed by atoms with E-state index in [4.69, 9.17) is 4.74 Å². The maximum atomic E-state index is 12.6. The number of nitrogens with one attached hydrogen (secondary N) is 1. The van der Waals surface area contributed by atoms with Gasteiger partial charge in [-0.3, -0.25) is 9.78 Å². The van der Waals surface area contributed by atoms with E-state index in [0.717, 1.165) is 24.1 Å². The molecule has 4 heteroatoms. The van der Waals surface area contributed by atoms with Crippen LogP contribution in [0.15, 0.2) is 36.5 Å². The number of anilines is 1. The summed E-state index contributed by atoms with van der Waals surface area (Å²) in [6.45, 7) is 1.86. The first-order valence-corrected chi connectivity index (χ1v) is 7.09. The molecule has 1 aliphatic carbocycles. The van der Waals surface area contributed by atoms with Gasteiger partial charge in [0, 0.05) is 6.20 Å². The Morgan fingerprint density at radius 2 is 2.14 bits per heavy atom. The zero-order chi connectivity index (χ0) is 14.8. The molecule has 0 spiro atoms. The van der Waals surface area contributed by atoms with Gasteiger partial charge in [-0.05, 0) is 37.0 Å². The van der Waals surface area contributed by atoms with Crippen molar-refractivity contribution >= 4 is 11.6 Å². The summed E-state index contributed by atoms with van der Waals surface area (Å²) in [6, 6.07) is 9.92. The van der Waals surface area contributed by atoms with Crippen molar-refractivity contribution in [2.45, 2.75) is 25.7 Å². The number of carbonyl (C=O) groups excluding carboxylic acids is 1. The molecule has 0 radical (unpaired) electrons. The van der Waals surface area contributed by atoms with E-state index in [1.54, 1.807) is 19.4 Å². The van der Waals surface area contributed by atoms with Gasteiger partial charge in [-0.2, -0.15) is 0 Å². The summed E-state index contributed by atoms with van der Waals surface area (Å²) < 4.78 is 5.33. The van der Waals surface area contributed by atoms with Crippen LogP contribution in [0.4, 0.5) is 5.69 Å². The van der Waals surface area contributed by atoms with Gasteiger partial charge in [0.1, 0.15) is 0 Å². The van der Waals surface area contributed by atoms with Gasteiger partial charge in [0.25, 0.3) is 0 Å². The van der Waals surface area contributed by atoms with Gasteiger partial charge in [-0.25, -0.2) is 0 Å². The molecule has 1 amide bonds. The highest BCUT2D eigenvalue weighted by molar-refractivity contribution is 5.97. The van der Waals surface area contributed by atoms with Crippen LogP contribution in [-0.4, -0.2) is 18.0 Å². The molecule has 3 rings (SSSR count). The maximum absolute atomic E-state index is 12.6. The SMILES string of the molecule is COc1c(NC(=O)C2CCc3ccccc32)ccnc1C. The Kier molecular flexibility index (Phi) is 3.60. The molecule has 21 heavy (non-hydrogen) atoms. The van der Waals surface area contributed by atoms with Crippen LogP contribution >= 0.6 is 0 Å². The molecule has 2 aromatic rings. The molecule has 0 saturated carbocycles. The van der Waals surface area contributed by atoms with Crippen molar-refractivity contribution < 1.29 is 9.53 Å². The molecule has 0 saturated heterocycles. The lowest BCUT2D eigenvalue weighted by Gasteiger charge is -2.15. The average Bonchev–Trinajstić information content (AvgIpc) is 2.91. The molecule has 1 unspecified atom stereocenters. The number of methoxy groups -OCH3 is 1. The Morgan fingerprint density at radius 1 is 1.33 bits per heavy atom. The molecule has 4 nitrogen and oxygen atoms in total. The second-order valence-electron chi connectivity index (χ2n) is 5.26. The summed E-state index contributed by atoms with van der Waals surface area (Å²) in [5, 5.41) is 2.98. The summed E-state index contributed by atoms with van der Waals surface area (Å²) in [6.07, 6.45) is 3.49. The first-order chi connectivity index (χ1) is 10.2. The molecule has 0 fully saturated rings. The highest BCUT2D eigenvalue weighted by Gasteiger charge is 2.28. The van der Waals surface area contributed by atoms with Gasteiger partial charge >= 0.3 is 0 Å². The van der Waals surface area contributed by atoms with Gasteiger partial charge in [0.05, 0.1) is 24.4 Å². The van der Waals surface area contributed by atoms with Gasteiger partial charge in [0.15, 0.2) is 5.75 Å². The van der Waals surface area contributed by atoms with E-state index in [1.807, 2.05) is 25.1 Å². The number of carbonyl (C=O) groups is 1. The normalized spacial score (nSPS) is 16.4. The summed E-state index contributed by atoms with van der Waals surface area (Å²) in [7, 11) is 1.59. The lowest BCUT2D eigenvalue weighted by atomic mass is 10.0. The van der Waals surface area contributed by atoms with Crippen molar-refractivity contribution in [3.63, 3.8) is 0 Å². The van der Waals surface area contributed by atoms with Crippen LogP contribution in [0.25, 0.3) is 0 Å². The third-order valence-electron chi connectivity index (χ3n) is 3.99. The van der Waals surface area contributed by atoms with E-state index in [1.165, 1.54) is 5.56 Å². The molecule has 1 atom stereocenters. The molecule has 0 aliphatic heterocycles. The molecule has 1 heterocycles. The Balaban J connectivity index is 1.84. The van der Waals surface area contributed by atoms with Crippen molar-refractivity contribution in [3.05, 3.63) is 53.3 Å². The quantitative estimate of drug-likeness (QED) is 0.941. The Morgan fingerprint density at radius 3 is 2.95 bits per heavy atom. The number of hydrogen-bond donors (Lipinski definition) is 1. The minimum absolute atomic E-state index is 0.0175. The van der Waals surface area contributed by atoms with Gasteiger partial charge in [-0.15, -0.1) is 0 Å². The molecule has 0 bridgehead atoms. The minimum atomic E-state index is -0.0839. The lowest BCUT2D eigenvalue weighted by Crippen LogP contribution is -2.20. The van der Waals surface area contributed by atoms with Gasteiger partial charge in [-0.1, -0.05) is 24.3 Å². The predicted molar refractivity (Wildman–Crippen MR) is 81.7 cm³/mol. The molecule has 1 aromatic heterocycles. The first kappa shape index (κ1) is 13.6. The van der Waals surface area contributed by atoms with Crippen LogP contribution in [0, 0.1) is 6.92 Å². The summed E-state index contributed by atoms with van der Waals surface area (Å²) >= 11 is 0. The summed E-state index contributed by atoms with van der Waals surface area (Å²) in [5.74, 6) is 0.556. The maximum Gasteiger partial charge on any atom is 0.232 e. The third-order valence-corrected chi connectivity index (χ3v) is 3.99.